The summed E-state index contributed by atoms with van der Waals surface area (Å²) in [5.41, 5.74) is 0. The molecule has 2 nitrogen and oxygen atoms in total. The fraction of sp³-hybridized carbons (Fsp3) is 0.750. The lowest BCUT2D eigenvalue weighted by Crippen LogP contribution is -2.19. The third kappa shape index (κ3) is 1.39. The quantitative estimate of drug-likeness (QED) is 0.582. The highest BCUT2D eigenvalue weighted by Crippen LogP contribution is 2.23. The Bertz CT molecular complexity index is 122. The molecule has 0 amide bonds. The van der Waals surface area contributed by atoms with Crippen LogP contribution in [0.2, 0.25) is 0 Å². The molecule has 0 radical (unpaired) electrons. The van der Waals surface area contributed by atoms with Gasteiger partial charge in [-0.3, -0.25) is 0 Å². The molecule has 1 saturated heterocycles. The Labute approximate surface area is 61.5 Å². The summed E-state index contributed by atoms with van der Waals surface area (Å²) in [7, 11) is 0. The predicted molar refractivity (Wildman–Crippen MR) is 39.7 cm³/mol. The predicted octanol–water partition coefficient (Wildman–Crippen LogP) is 0.958. The largest absolute Gasteiger partial charge is 0.390 e. The summed E-state index contributed by atoms with van der Waals surface area (Å²) in [6, 6.07) is 0. The maximum Gasteiger partial charge on any atom is 0.0824 e. The van der Waals surface area contributed by atoms with Crippen molar-refractivity contribution < 1.29 is 9.84 Å². The molecule has 10 heavy (non-hydrogen) atoms. The molecule has 0 spiro atoms. The van der Waals surface area contributed by atoms with Gasteiger partial charge in [0.2, 0.25) is 0 Å². The van der Waals surface area contributed by atoms with Crippen LogP contribution in [0.25, 0.3) is 0 Å². The zero-order valence-electron chi connectivity index (χ0n) is 6.29. The third-order valence-electron chi connectivity index (χ3n) is 2.07. The Morgan fingerprint density at radius 1 is 1.80 bits per heavy atom. The molecule has 0 aliphatic carbocycles. The molecule has 1 rings (SSSR count). The van der Waals surface area contributed by atoms with E-state index in [1.165, 1.54) is 0 Å². The summed E-state index contributed by atoms with van der Waals surface area (Å²) < 4.78 is 5.30. The lowest BCUT2D eigenvalue weighted by Gasteiger charge is -2.12. The molecule has 0 saturated carbocycles. The summed E-state index contributed by atoms with van der Waals surface area (Å²) in [6.45, 7) is 6.11. The van der Waals surface area contributed by atoms with E-state index in [1.807, 2.05) is 13.0 Å². The number of aliphatic hydroxyl groups excluding tert-OH is 1. The van der Waals surface area contributed by atoms with Crippen molar-refractivity contribution in [3.8, 4) is 0 Å². The Kier molecular flexibility index (Phi) is 2.46. The van der Waals surface area contributed by atoms with Crippen molar-refractivity contribution in [2.75, 3.05) is 6.61 Å². The van der Waals surface area contributed by atoms with Crippen LogP contribution in [0.5, 0.6) is 0 Å². The van der Waals surface area contributed by atoms with Gasteiger partial charge >= 0.3 is 0 Å². The van der Waals surface area contributed by atoms with Gasteiger partial charge in [-0.05, 0) is 6.42 Å². The van der Waals surface area contributed by atoms with Gasteiger partial charge in [0, 0.05) is 5.92 Å². The summed E-state index contributed by atoms with van der Waals surface area (Å²) in [5, 5.41) is 9.24. The van der Waals surface area contributed by atoms with Gasteiger partial charge in [-0.2, -0.15) is 0 Å². The highest BCUT2D eigenvalue weighted by atomic mass is 16.5. The Hall–Kier alpha value is -0.340. The fourth-order valence-corrected chi connectivity index (χ4v) is 1.22. The van der Waals surface area contributed by atoms with Gasteiger partial charge in [0.15, 0.2) is 0 Å². The molecule has 3 atom stereocenters. The van der Waals surface area contributed by atoms with Crippen molar-refractivity contribution in [1.82, 2.24) is 0 Å². The Morgan fingerprint density at radius 3 is 2.90 bits per heavy atom. The minimum atomic E-state index is -0.273. The molecule has 1 heterocycles. The first-order chi connectivity index (χ1) is 4.75. The second-order valence-corrected chi connectivity index (χ2v) is 2.82. The molecule has 0 bridgehead atoms. The van der Waals surface area contributed by atoms with Crippen LogP contribution in [-0.4, -0.2) is 23.9 Å². The number of hydrogen-bond donors (Lipinski definition) is 1. The number of hydrogen-bond acceptors (Lipinski definition) is 2. The smallest absolute Gasteiger partial charge is 0.0824 e. The zero-order chi connectivity index (χ0) is 7.56. The normalized spacial score (nSPS) is 40.0. The first kappa shape index (κ1) is 7.76. The van der Waals surface area contributed by atoms with Gasteiger partial charge in [-0.1, -0.05) is 13.0 Å². The molecule has 1 fully saturated rings. The van der Waals surface area contributed by atoms with Crippen molar-refractivity contribution in [3.63, 3.8) is 0 Å². The van der Waals surface area contributed by atoms with E-state index in [2.05, 4.69) is 6.58 Å². The van der Waals surface area contributed by atoms with E-state index in [0.717, 1.165) is 6.42 Å². The SMILES string of the molecule is C=CC[C@@H]1OC[C@H](O)[C@H]1C. The minimum absolute atomic E-state index is 0.187. The highest BCUT2D eigenvalue weighted by Gasteiger charge is 2.30. The molecular weight excluding hydrogens is 128 g/mol. The Balaban J connectivity index is 2.40. The second kappa shape index (κ2) is 3.17. The van der Waals surface area contributed by atoms with Crippen LogP contribution in [0.1, 0.15) is 13.3 Å². The summed E-state index contributed by atoms with van der Waals surface area (Å²) >= 11 is 0. The summed E-state index contributed by atoms with van der Waals surface area (Å²) in [5.74, 6) is 0.262. The van der Waals surface area contributed by atoms with E-state index in [0.29, 0.717) is 6.61 Å². The van der Waals surface area contributed by atoms with Crippen LogP contribution in [0.3, 0.4) is 0 Å². The topological polar surface area (TPSA) is 29.5 Å². The van der Waals surface area contributed by atoms with E-state index in [1.54, 1.807) is 0 Å². The molecule has 1 aliphatic rings. The van der Waals surface area contributed by atoms with E-state index < -0.39 is 0 Å². The molecule has 58 valence electrons. The average Bonchev–Trinajstić information content (AvgIpc) is 2.20. The molecule has 0 aromatic carbocycles. The second-order valence-electron chi connectivity index (χ2n) is 2.82. The van der Waals surface area contributed by atoms with Crippen LogP contribution in [0, 0.1) is 5.92 Å². The van der Waals surface area contributed by atoms with Crippen LogP contribution in [0.4, 0.5) is 0 Å². The van der Waals surface area contributed by atoms with E-state index in [4.69, 9.17) is 4.74 Å². The lowest BCUT2D eigenvalue weighted by molar-refractivity contribution is 0.0883. The fourth-order valence-electron chi connectivity index (χ4n) is 1.22. The molecule has 1 N–H and O–H groups in total. The number of rotatable bonds is 2. The van der Waals surface area contributed by atoms with Gasteiger partial charge in [0.1, 0.15) is 0 Å². The van der Waals surface area contributed by atoms with Crippen LogP contribution >= 0.6 is 0 Å². The standard InChI is InChI=1S/C8H14O2/c1-3-4-8-6(2)7(9)5-10-8/h3,6-9H,1,4-5H2,2H3/t6-,7+,8+/m1/s1. The summed E-state index contributed by atoms with van der Waals surface area (Å²) in [6.07, 6.45) is 2.59. The third-order valence-corrected chi connectivity index (χ3v) is 2.07. The van der Waals surface area contributed by atoms with Crippen LogP contribution in [0.15, 0.2) is 12.7 Å². The molecular formula is C8H14O2. The van der Waals surface area contributed by atoms with Crippen LogP contribution in [-0.2, 0) is 4.74 Å². The average molecular weight is 142 g/mol. The van der Waals surface area contributed by atoms with Crippen molar-refractivity contribution >= 4 is 0 Å². The van der Waals surface area contributed by atoms with Gasteiger partial charge in [0.05, 0.1) is 18.8 Å². The van der Waals surface area contributed by atoms with Crippen molar-refractivity contribution in [2.45, 2.75) is 25.6 Å². The monoisotopic (exact) mass is 142 g/mol. The minimum Gasteiger partial charge on any atom is -0.390 e. The molecule has 2 heteroatoms. The molecule has 1 aliphatic heterocycles. The molecule has 0 aromatic rings. The van der Waals surface area contributed by atoms with Crippen molar-refractivity contribution in [3.05, 3.63) is 12.7 Å². The van der Waals surface area contributed by atoms with Gasteiger partial charge < -0.3 is 9.84 Å². The first-order valence-electron chi connectivity index (χ1n) is 3.66. The van der Waals surface area contributed by atoms with Crippen LogP contribution < -0.4 is 0 Å². The maximum absolute atomic E-state index is 9.24. The van der Waals surface area contributed by atoms with Crippen molar-refractivity contribution in [2.24, 2.45) is 5.92 Å². The van der Waals surface area contributed by atoms with Gasteiger partial charge in [0.25, 0.3) is 0 Å². The molecule has 0 unspecified atom stereocenters. The zero-order valence-corrected chi connectivity index (χ0v) is 6.29. The van der Waals surface area contributed by atoms with Gasteiger partial charge in [-0.15, -0.1) is 6.58 Å². The molecule has 0 aromatic heterocycles. The maximum atomic E-state index is 9.24. The van der Waals surface area contributed by atoms with Gasteiger partial charge in [-0.25, -0.2) is 0 Å². The summed E-state index contributed by atoms with van der Waals surface area (Å²) in [4.78, 5) is 0. The van der Waals surface area contributed by atoms with E-state index >= 15 is 0 Å². The lowest BCUT2D eigenvalue weighted by atomic mass is 9.99. The van der Waals surface area contributed by atoms with E-state index in [-0.39, 0.29) is 18.1 Å². The highest BCUT2D eigenvalue weighted by molar-refractivity contribution is 4.85. The first-order valence-corrected chi connectivity index (χ1v) is 3.66. The number of ether oxygens (including phenoxy) is 1. The van der Waals surface area contributed by atoms with E-state index in [9.17, 15) is 5.11 Å². The Morgan fingerprint density at radius 2 is 2.50 bits per heavy atom. The van der Waals surface area contributed by atoms with Crippen molar-refractivity contribution in [1.29, 1.82) is 0 Å². The number of aliphatic hydroxyl groups is 1.